The van der Waals surface area contributed by atoms with E-state index in [1.807, 2.05) is 48.5 Å². The van der Waals surface area contributed by atoms with Crippen molar-refractivity contribution in [1.82, 2.24) is 19.5 Å². The summed E-state index contributed by atoms with van der Waals surface area (Å²) in [6.45, 7) is 0. The van der Waals surface area contributed by atoms with Gasteiger partial charge in [0.25, 0.3) is 0 Å². The third-order valence-electron chi connectivity index (χ3n) is 11.9. The molecule has 0 aliphatic carbocycles. The molecule has 12 aromatic rings. The van der Waals surface area contributed by atoms with E-state index < -0.39 is 0 Å². The van der Waals surface area contributed by atoms with E-state index in [-0.39, 0.29) is 0 Å². The van der Waals surface area contributed by atoms with E-state index in [4.69, 9.17) is 19.4 Å². The Morgan fingerprint density at radius 3 is 1.50 bits per heavy atom. The number of nitrogens with zero attached hydrogens (tertiary/aromatic N) is 4. The van der Waals surface area contributed by atoms with Gasteiger partial charge < -0.3 is 8.98 Å². The molecule has 0 spiro atoms. The lowest BCUT2D eigenvalue weighted by Gasteiger charge is -2.11. The van der Waals surface area contributed by atoms with Crippen LogP contribution in [-0.4, -0.2) is 19.5 Å². The SMILES string of the molecule is c1ccc(-c2cccc(-c3ccc(-n4c5ccccc5c5cc6c(cc54)oc4cccc(-c5nc(-c7ccccc7)nc(-c7cccc(-c8ccccc8)c7)n5)c46)cc3)c2)cc1. The van der Waals surface area contributed by atoms with E-state index in [0.29, 0.717) is 17.5 Å². The minimum atomic E-state index is 0.587. The van der Waals surface area contributed by atoms with Crippen LogP contribution in [0.1, 0.15) is 0 Å². The summed E-state index contributed by atoms with van der Waals surface area (Å²) in [7, 11) is 0. The average molecular weight is 793 g/mol. The summed E-state index contributed by atoms with van der Waals surface area (Å²) in [6, 6.07) is 76.3. The van der Waals surface area contributed by atoms with Gasteiger partial charge in [-0.2, -0.15) is 0 Å². The summed E-state index contributed by atoms with van der Waals surface area (Å²) in [6.07, 6.45) is 0. The smallest absolute Gasteiger partial charge is 0.164 e. The molecule has 0 N–H and O–H groups in total. The Morgan fingerprint density at radius 1 is 0.306 bits per heavy atom. The van der Waals surface area contributed by atoms with E-state index in [0.717, 1.165) is 71.9 Å². The molecule has 0 radical (unpaired) electrons. The molecule has 12 rings (SSSR count). The minimum Gasteiger partial charge on any atom is -0.456 e. The van der Waals surface area contributed by atoms with Gasteiger partial charge in [0.15, 0.2) is 17.5 Å². The van der Waals surface area contributed by atoms with Crippen molar-refractivity contribution in [1.29, 1.82) is 0 Å². The zero-order valence-electron chi connectivity index (χ0n) is 33.5. The average Bonchev–Trinajstić information content (AvgIpc) is 3.89. The predicted molar refractivity (Wildman–Crippen MR) is 254 cm³/mol. The van der Waals surface area contributed by atoms with E-state index >= 15 is 0 Å². The van der Waals surface area contributed by atoms with Gasteiger partial charge in [0.05, 0.1) is 11.0 Å². The van der Waals surface area contributed by atoms with Gasteiger partial charge in [-0.3, -0.25) is 0 Å². The maximum absolute atomic E-state index is 6.74. The number of para-hydroxylation sites is 1. The van der Waals surface area contributed by atoms with Crippen LogP contribution >= 0.6 is 0 Å². The Morgan fingerprint density at radius 2 is 0.823 bits per heavy atom. The van der Waals surface area contributed by atoms with Gasteiger partial charge in [-0.15, -0.1) is 0 Å². The molecule has 62 heavy (non-hydrogen) atoms. The summed E-state index contributed by atoms with van der Waals surface area (Å²) in [5, 5.41) is 4.29. The molecule has 0 fully saturated rings. The topological polar surface area (TPSA) is 56.7 Å². The molecule has 3 aromatic heterocycles. The van der Waals surface area contributed by atoms with Gasteiger partial charge in [0.2, 0.25) is 0 Å². The summed E-state index contributed by atoms with van der Waals surface area (Å²) in [4.78, 5) is 15.4. The van der Waals surface area contributed by atoms with Crippen molar-refractivity contribution in [2.24, 2.45) is 0 Å². The van der Waals surface area contributed by atoms with Gasteiger partial charge in [0.1, 0.15) is 11.2 Å². The first-order chi connectivity index (χ1) is 30.7. The van der Waals surface area contributed by atoms with Crippen LogP contribution in [0.3, 0.4) is 0 Å². The fourth-order valence-electron chi connectivity index (χ4n) is 8.87. The van der Waals surface area contributed by atoms with Crippen LogP contribution in [0.5, 0.6) is 0 Å². The van der Waals surface area contributed by atoms with Crippen LogP contribution < -0.4 is 0 Å². The first kappa shape index (κ1) is 35.5. The normalized spacial score (nSPS) is 11.5. The first-order valence-corrected chi connectivity index (χ1v) is 20.8. The van der Waals surface area contributed by atoms with Gasteiger partial charge in [-0.25, -0.2) is 15.0 Å². The molecule has 0 unspecified atom stereocenters. The van der Waals surface area contributed by atoms with Crippen molar-refractivity contribution in [3.63, 3.8) is 0 Å². The minimum absolute atomic E-state index is 0.587. The van der Waals surface area contributed by atoms with E-state index in [2.05, 4.69) is 174 Å². The number of hydrogen-bond acceptors (Lipinski definition) is 4. The number of benzene rings is 9. The summed E-state index contributed by atoms with van der Waals surface area (Å²) >= 11 is 0. The molecule has 290 valence electrons. The largest absolute Gasteiger partial charge is 0.456 e. The van der Waals surface area contributed by atoms with Crippen LogP contribution in [0.15, 0.2) is 223 Å². The maximum atomic E-state index is 6.74. The molecule has 0 aliphatic rings. The zero-order chi connectivity index (χ0) is 41.0. The van der Waals surface area contributed by atoms with Crippen LogP contribution in [0.2, 0.25) is 0 Å². The Kier molecular flexibility index (Phi) is 8.42. The molecule has 5 nitrogen and oxygen atoms in total. The highest BCUT2D eigenvalue weighted by atomic mass is 16.3. The van der Waals surface area contributed by atoms with Gasteiger partial charge in [0, 0.05) is 50.0 Å². The molecule has 0 saturated heterocycles. The van der Waals surface area contributed by atoms with Crippen LogP contribution in [0.4, 0.5) is 0 Å². The lowest BCUT2D eigenvalue weighted by molar-refractivity contribution is 0.669. The van der Waals surface area contributed by atoms with Crippen molar-refractivity contribution in [2.75, 3.05) is 0 Å². The number of rotatable bonds is 7. The quantitative estimate of drug-likeness (QED) is 0.161. The number of aromatic nitrogens is 4. The fourth-order valence-corrected chi connectivity index (χ4v) is 8.87. The molecular formula is C57H36N4O. The van der Waals surface area contributed by atoms with Crippen molar-refractivity contribution in [3.05, 3.63) is 218 Å². The molecule has 0 bridgehead atoms. The Labute approximate surface area is 357 Å². The Hall–Kier alpha value is -8.41. The van der Waals surface area contributed by atoms with Crippen molar-refractivity contribution < 1.29 is 4.42 Å². The van der Waals surface area contributed by atoms with Gasteiger partial charge in [-0.1, -0.05) is 170 Å². The second-order valence-corrected chi connectivity index (χ2v) is 15.6. The molecular weight excluding hydrogens is 757 g/mol. The highest BCUT2D eigenvalue weighted by Crippen LogP contribution is 2.42. The number of fused-ring (bicyclic) bond motifs is 6. The zero-order valence-corrected chi connectivity index (χ0v) is 33.5. The monoisotopic (exact) mass is 792 g/mol. The summed E-state index contributed by atoms with van der Waals surface area (Å²) < 4.78 is 9.09. The summed E-state index contributed by atoms with van der Waals surface area (Å²) in [5.41, 5.74) is 14.6. The van der Waals surface area contributed by atoms with E-state index in [1.165, 1.54) is 27.6 Å². The Balaban J connectivity index is 1.00. The fraction of sp³-hybridized carbons (Fsp3) is 0. The number of furan rings is 1. The van der Waals surface area contributed by atoms with E-state index in [9.17, 15) is 0 Å². The highest BCUT2D eigenvalue weighted by Gasteiger charge is 2.21. The standard InChI is InChI=1S/C57H36N4O/c1-4-15-37(16-5-1)41-21-12-22-42(33-41)39-29-31-45(32-30-39)61-50-27-11-10-25-46(50)48-35-49-53(36-51(48)61)62-52-28-14-26-47(54(49)52)57-59-55(40-19-8-3-9-20-40)58-56(60-57)44-24-13-23-43(34-44)38-17-6-2-7-18-38/h1-36H. The molecule has 0 aliphatic heterocycles. The van der Waals surface area contributed by atoms with Crippen molar-refractivity contribution in [2.45, 2.75) is 0 Å². The third-order valence-corrected chi connectivity index (χ3v) is 11.9. The van der Waals surface area contributed by atoms with Crippen LogP contribution in [0.25, 0.3) is 117 Å². The molecule has 0 amide bonds. The lowest BCUT2D eigenvalue weighted by Crippen LogP contribution is -2.00. The molecule has 0 atom stereocenters. The molecule has 9 aromatic carbocycles. The third kappa shape index (κ3) is 6.14. The van der Waals surface area contributed by atoms with Crippen molar-refractivity contribution >= 4 is 43.7 Å². The van der Waals surface area contributed by atoms with Crippen LogP contribution in [0, 0.1) is 0 Å². The predicted octanol–water partition coefficient (Wildman–Crippen LogP) is 14.9. The highest BCUT2D eigenvalue weighted by molar-refractivity contribution is 6.19. The van der Waals surface area contributed by atoms with E-state index in [1.54, 1.807) is 0 Å². The Bertz CT molecular complexity index is 3610. The number of hydrogen-bond donors (Lipinski definition) is 0. The second kappa shape index (κ2) is 14.7. The van der Waals surface area contributed by atoms with Crippen LogP contribution in [-0.2, 0) is 0 Å². The molecule has 5 heteroatoms. The molecule has 3 heterocycles. The van der Waals surface area contributed by atoms with Gasteiger partial charge >= 0.3 is 0 Å². The lowest BCUT2D eigenvalue weighted by atomic mass is 9.99. The van der Waals surface area contributed by atoms with Gasteiger partial charge in [-0.05, 0) is 75.8 Å². The maximum Gasteiger partial charge on any atom is 0.164 e. The first-order valence-electron chi connectivity index (χ1n) is 20.8. The second-order valence-electron chi connectivity index (χ2n) is 15.6. The van der Waals surface area contributed by atoms with Crippen molar-refractivity contribution in [3.8, 4) is 73.2 Å². The summed E-state index contributed by atoms with van der Waals surface area (Å²) in [5.74, 6) is 1.81. The molecule has 0 saturated carbocycles.